The van der Waals surface area contributed by atoms with Crippen molar-refractivity contribution in [2.24, 2.45) is 5.92 Å². The Labute approximate surface area is 300 Å². The molecule has 2 aromatic carbocycles. The van der Waals surface area contributed by atoms with Crippen LogP contribution in [0.1, 0.15) is 74.4 Å². The summed E-state index contributed by atoms with van der Waals surface area (Å²) >= 11 is 6.30. The molecule has 2 heterocycles. The van der Waals surface area contributed by atoms with E-state index < -0.39 is 44.9 Å². The van der Waals surface area contributed by atoms with Crippen molar-refractivity contribution in [1.82, 2.24) is 14.5 Å². The summed E-state index contributed by atoms with van der Waals surface area (Å²) in [6.45, 7) is 6.63. The molecule has 0 radical (unpaired) electrons. The molecular formula is C37H50ClFN4O6S. The Bertz CT molecular complexity index is 1720. The van der Waals surface area contributed by atoms with Crippen molar-refractivity contribution in [3.05, 3.63) is 70.0 Å². The lowest BCUT2D eigenvalue weighted by Gasteiger charge is -2.39. The summed E-state index contributed by atoms with van der Waals surface area (Å²) in [4.78, 5) is 31.8. The average molecular weight is 733 g/mol. The third-order valence-corrected chi connectivity index (χ3v) is 13.0. The summed E-state index contributed by atoms with van der Waals surface area (Å²) < 4.78 is 51.2. The largest absolute Gasteiger partial charge is 0.490 e. The fourth-order valence-corrected chi connectivity index (χ4v) is 9.13. The second-order valence-corrected chi connectivity index (χ2v) is 16.8. The monoisotopic (exact) mass is 732 g/mol. The number of aliphatic hydroxyl groups is 1. The number of carbonyl (C=O) groups is 2. The number of halogens is 2. The van der Waals surface area contributed by atoms with Gasteiger partial charge in [-0.25, -0.2) is 17.5 Å². The fraction of sp³-hybridized carbons (Fsp3) is 0.568. The van der Waals surface area contributed by atoms with Gasteiger partial charge in [-0.1, -0.05) is 30.7 Å². The molecule has 50 heavy (non-hydrogen) atoms. The average Bonchev–Trinajstić information content (AvgIpc) is 3.44. The minimum absolute atomic E-state index is 0.00148. The van der Waals surface area contributed by atoms with Crippen LogP contribution in [0.25, 0.3) is 0 Å². The summed E-state index contributed by atoms with van der Waals surface area (Å²) in [6, 6.07) is 9.80. The molecule has 5 atom stereocenters. The zero-order chi connectivity index (χ0) is 36.4. The fourth-order valence-electron chi connectivity index (χ4n) is 7.65. The number of anilines is 1. The molecule has 2 aromatic rings. The number of hydrogen-bond acceptors (Lipinski definition) is 8. The molecule has 0 saturated carbocycles. The maximum atomic E-state index is 15.8. The van der Waals surface area contributed by atoms with Gasteiger partial charge in [0.2, 0.25) is 15.9 Å². The quantitative estimate of drug-likeness (QED) is 0.329. The molecule has 0 aromatic heterocycles. The van der Waals surface area contributed by atoms with Crippen LogP contribution in [0.5, 0.6) is 5.75 Å². The van der Waals surface area contributed by atoms with Crippen LogP contribution in [0, 0.1) is 5.92 Å². The number of aryl methyl sites for hydroxylation is 1. The molecule has 1 saturated heterocycles. The van der Waals surface area contributed by atoms with Gasteiger partial charge in [-0.05, 0) is 106 Å². The highest BCUT2D eigenvalue weighted by Gasteiger charge is 2.41. The van der Waals surface area contributed by atoms with Crippen molar-refractivity contribution in [3.63, 3.8) is 0 Å². The van der Waals surface area contributed by atoms with Crippen LogP contribution >= 0.6 is 11.6 Å². The van der Waals surface area contributed by atoms with E-state index in [2.05, 4.69) is 15.7 Å². The number of rotatable bonds is 11. The summed E-state index contributed by atoms with van der Waals surface area (Å²) in [7, 11) is -0.687. The number of aliphatic hydroxyl groups excluding tert-OH is 1. The normalized spacial score (nSPS) is 22.9. The molecule has 2 N–H and O–H groups in total. The molecule has 1 spiro atoms. The first-order valence-electron chi connectivity index (χ1n) is 17.5. The molecular weight excluding hydrogens is 683 g/mol. The number of sulfonamides is 1. The summed E-state index contributed by atoms with van der Waals surface area (Å²) in [5, 5.41) is 8.98. The summed E-state index contributed by atoms with van der Waals surface area (Å²) in [6.07, 6.45) is 5.90. The van der Waals surface area contributed by atoms with E-state index in [4.69, 9.17) is 16.3 Å². The molecule has 1 aliphatic carbocycles. The van der Waals surface area contributed by atoms with E-state index in [1.807, 2.05) is 31.0 Å². The van der Waals surface area contributed by atoms with Gasteiger partial charge in [0, 0.05) is 49.2 Å². The Kier molecular flexibility index (Phi) is 11.9. The zero-order valence-corrected chi connectivity index (χ0v) is 31.2. The molecule has 13 heteroatoms. The maximum Gasteiger partial charge on any atom is 0.264 e. The molecule has 3 aliphatic rings. The van der Waals surface area contributed by atoms with Crippen LogP contribution in [0.15, 0.2) is 48.3 Å². The van der Waals surface area contributed by atoms with Gasteiger partial charge in [-0.2, -0.15) is 0 Å². The van der Waals surface area contributed by atoms with Gasteiger partial charge in [-0.3, -0.25) is 14.5 Å². The minimum atomic E-state index is -4.16. The molecule has 274 valence electrons. The molecule has 5 rings (SSSR count). The van der Waals surface area contributed by atoms with Crippen LogP contribution in [0.4, 0.5) is 10.1 Å². The highest BCUT2D eigenvalue weighted by molar-refractivity contribution is 7.90. The highest BCUT2D eigenvalue weighted by Crippen LogP contribution is 2.44. The number of allylic oxidation sites excluding steroid dienone is 1. The first-order chi connectivity index (χ1) is 23.7. The van der Waals surface area contributed by atoms with Crippen molar-refractivity contribution in [2.75, 3.05) is 51.8 Å². The molecule has 2 aliphatic heterocycles. The van der Waals surface area contributed by atoms with Crippen LogP contribution in [0.3, 0.4) is 0 Å². The predicted octanol–water partition coefficient (Wildman–Crippen LogP) is 5.07. The van der Waals surface area contributed by atoms with Crippen molar-refractivity contribution in [3.8, 4) is 5.75 Å². The Morgan fingerprint density at radius 2 is 1.98 bits per heavy atom. The number of likely N-dealkylation sites (N-methyl/N-ethyl adjacent to an activating group) is 2. The lowest BCUT2D eigenvalue weighted by molar-refractivity contribution is -0.135. The van der Waals surface area contributed by atoms with E-state index >= 15 is 4.39 Å². The van der Waals surface area contributed by atoms with Gasteiger partial charge in [-0.15, -0.1) is 0 Å². The molecule has 1 fully saturated rings. The Hall–Kier alpha value is -3.19. The molecule has 10 nitrogen and oxygen atoms in total. The van der Waals surface area contributed by atoms with Crippen molar-refractivity contribution < 1.29 is 32.2 Å². The topological polar surface area (TPSA) is 119 Å². The van der Waals surface area contributed by atoms with E-state index in [1.54, 1.807) is 25.1 Å². The molecule has 0 bridgehead atoms. The summed E-state index contributed by atoms with van der Waals surface area (Å²) in [5.41, 5.74) is 3.05. The van der Waals surface area contributed by atoms with Crippen LogP contribution in [-0.2, 0) is 26.7 Å². The smallest absolute Gasteiger partial charge is 0.264 e. The second kappa shape index (κ2) is 15.6. The van der Waals surface area contributed by atoms with E-state index in [0.717, 1.165) is 32.1 Å². The number of amides is 2. The van der Waals surface area contributed by atoms with Gasteiger partial charge >= 0.3 is 0 Å². The van der Waals surface area contributed by atoms with Gasteiger partial charge in [0.05, 0.1) is 24.2 Å². The zero-order valence-electron chi connectivity index (χ0n) is 29.6. The number of hydrogen-bond donors (Lipinski definition) is 2. The van der Waals surface area contributed by atoms with Gasteiger partial charge in [0.1, 0.15) is 17.6 Å². The van der Waals surface area contributed by atoms with Crippen LogP contribution in [-0.4, -0.2) is 99.4 Å². The lowest BCUT2D eigenvalue weighted by Crippen LogP contribution is -2.49. The number of nitrogens with one attached hydrogen (secondary N) is 1. The first kappa shape index (κ1) is 38.1. The number of ether oxygens (including phenoxy) is 1. The molecule has 0 unspecified atom stereocenters. The third-order valence-electron chi connectivity index (χ3n) is 10.9. The Morgan fingerprint density at radius 3 is 2.68 bits per heavy atom. The minimum Gasteiger partial charge on any atom is -0.490 e. The van der Waals surface area contributed by atoms with Gasteiger partial charge in [0.15, 0.2) is 0 Å². The number of carbonyl (C=O) groups excluding carboxylic acids is 2. The van der Waals surface area contributed by atoms with Crippen molar-refractivity contribution in [2.45, 2.75) is 82.0 Å². The van der Waals surface area contributed by atoms with Gasteiger partial charge < -0.3 is 19.6 Å². The standard InChI is InChI=1S/C37H50ClFN4O6S/c1-24(10-14-31(39)34(36(46)41(4)18-19-44)43-17-7-8-25(43)2)26(3)50(47,48)40-35(45)28-11-15-33-32(21-28)42(5)22-37(23-49-33)16-6-9-27-20-29(38)12-13-30(27)37/h11-15,20-21,24-26,34,44H,6-10,16-19,22-23H2,1-5H3,(H,40,45)/b31-14-/t24-,25+,26+,34+,37-/m0/s1. The second-order valence-electron chi connectivity index (χ2n) is 14.4. The van der Waals surface area contributed by atoms with E-state index in [1.165, 1.54) is 36.1 Å². The molecule has 2 amide bonds. The summed E-state index contributed by atoms with van der Waals surface area (Å²) in [5.74, 6) is -1.83. The SMILES string of the molecule is C[C@@H]1CCCN1[C@@H](C(=O)N(C)CCO)/C(F)=C/C[C@H](C)[C@@H](C)S(=O)(=O)NC(=O)c1ccc2c(c1)N(C)C[C@@]1(CCCc3cc(Cl)ccc31)CO2. The highest BCUT2D eigenvalue weighted by atomic mass is 35.5. The van der Waals surface area contributed by atoms with Crippen molar-refractivity contribution in [1.29, 1.82) is 0 Å². The number of benzene rings is 2. The van der Waals surface area contributed by atoms with E-state index in [-0.39, 0.29) is 36.6 Å². The Morgan fingerprint density at radius 1 is 1.22 bits per heavy atom. The first-order valence-corrected chi connectivity index (χ1v) is 19.4. The number of fused-ring (bicyclic) bond motifs is 3. The maximum absolute atomic E-state index is 15.8. The Balaban J connectivity index is 1.27. The lowest BCUT2D eigenvalue weighted by atomic mass is 9.70. The van der Waals surface area contributed by atoms with E-state index in [9.17, 15) is 23.1 Å². The number of nitrogens with zero attached hydrogens (tertiary/aromatic N) is 3. The number of likely N-dealkylation sites (tertiary alicyclic amines) is 1. The van der Waals surface area contributed by atoms with E-state index in [0.29, 0.717) is 36.2 Å². The van der Waals surface area contributed by atoms with Crippen molar-refractivity contribution >= 4 is 39.1 Å². The van der Waals surface area contributed by atoms with Gasteiger partial charge in [0.25, 0.3) is 5.91 Å². The van der Waals surface area contributed by atoms with Crippen LogP contribution < -0.4 is 14.4 Å². The third kappa shape index (κ3) is 7.98. The van der Waals surface area contributed by atoms with Crippen LogP contribution in [0.2, 0.25) is 5.02 Å². The predicted molar refractivity (Wildman–Crippen MR) is 194 cm³/mol.